The maximum Gasteiger partial charge on any atom is 0.410 e. The van der Waals surface area contributed by atoms with Gasteiger partial charge in [-0.2, -0.15) is 0 Å². The highest BCUT2D eigenvalue weighted by Gasteiger charge is 2.26. The molecule has 6 nitrogen and oxygen atoms in total. The number of pyridine rings is 1. The van der Waals surface area contributed by atoms with Gasteiger partial charge in [0, 0.05) is 38.3 Å². The third-order valence-electron chi connectivity index (χ3n) is 4.14. The molecule has 7 heteroatoms. The lowest BCUT2D eigenvalue weighted by Crippen LogP contribution is -3.00. The van der Waals surface area contributed by atoms with Crippen LogP contribution >= 0.6 is 0 Å². The number of rotatable bonds is 3. The first kappa shape index (κ1) is 22.4. The monoisotopic (exact) mass is 427 g/mol. The lowest BCUT2D eigenvalue weighted by Gasteiger charge is -2.26. The number of aryl methyl sites for hydroxylation is 2. The third kappa shape index (κ3) is 7.32. The van der Waals surface area contributed by atoms with E-state index in [1.165, 1.54) is 5.56 Å². The van der Waals surface area contributed by atoms with Crippen LogP contribution in [0.4, 0.5) is 4.79 Å². The van der Waals surface area contributed by atoms with E-state index in [4.69, 9.17) is 4.74 Å². The lowest BCUT2D eigenvalue weighted by atomic mass is 10.2. The van der Waals surface area contributed by atoms with E-state index in [1.807, 2.05) is 61.7 Å². The van der Waals surface area contributed by atoms with Gasteiger partial charge < -0.3 is 31.5 Å². The zero-order valence-corrected chi connectivity index (χ0v) is 17.8. The fourth-order valence-corrected chi connectivity index (χ4v) is 2.74. The van der Waals surface area contributed by atoms with Gasteiger partial charge in [0.05, 0.1) is 6.42 Å². The number of nitrogens with zero attached hydrogens (tertiary/aromatic N) is 3. The Bertz CT molecular complexity index is 599. The van der Waals surface area contributed by atoms with E-state index in [0.717, 1.165) is 6.42 Å². The van der Waals surface area contributed by atoms with Crippen molar-refractivity contribution in [2.75, 3.05) is 26.2 Å². The molecule has 0 N–H and O–H groups in total. The molecule has 0 atom stereocenters. The van der Waals surface area contributed by atoms with Crippen molar-refractivity contribution in [3.05, 3.63) is 30.1 Å². The Labute approximate surface area is 166 Å². The SMILES string of the molecule is Cc1cc[n+](CCC(=O)N2CCCN(C(=O)OC(C)(C)C)CC2)cc1.[Br-]. The number of halogens is 1. The van der Waals surface area contributed by atoms with Crippen LogP contribution < -0.4 is 21.5 Å². The second-order valence-electron chi connectivity index (χ2n) is 7.57. The van der Waals surface area contributed by atoms with Crippen LogP contribution in [0.15, 0.2) is 24.5 Å². The molecule has 2 amide bonds. The molecular weight excluding hydrogens is 398 g/mol. The van der Waals surface area contributed by atoms with Gasteiger partial charge in [-0.15, -0.1) is 0 Å². The van der Waals surface area contributed by atoms with Gasteiger partial charge in [-0.05, 0) is 39.7 Å². The van der Waals surface area contributed by atoms with Crippen LogP contribution in [0, 0.1) is 6.92 Å². The van der Waals surface area contributed by atoms with E-state index in [1.54, 1.807) is 4.90 Å². The fourth-order valence-electron chi connectivity index (χ4n) is 2.74. The Balaban J connectivity index is 0.00000338. The second-order valence-corrected chi connectivity index (χ2v) is 7.57. The van der Waals surface area contributed by atoms with Gasteiger partial charge >= 0.3 is 6.09 Å². The number of hydrogen-bond acceptors (Lipinski definition) is 3. The minimum atomic E-state index is -0.496. The predicted molar refractivity (Wildman–Crippen MR) is 95.0 cm³/mol. The van der Waals surface area contributed by atoms with Crippen LogP contribution in [0.5, 0.6) is 0 Å². The lowest BCUT2D eigenvalue weighted by molar-refractivity contribution is -0.696. The van der Waals surface area contributed by atoms with Gasteiger partial charge in [-0.3, -0.25) is 4.79 Å². The predicted octanol–water partition coefficient (Wildman–Crippen LogP) is -0.854. The molecule has 0 spiro atoms. The highest BCUT2D eigenvalue weighted by Crippen LogP contribution is 2.12. The van der Waals surface area contributed by atoms with Crippen LogP contribution in [-0.4, -0.2) is 53.6 Å². The summed E-state index contributed by atoms with van der Waals surface area (Å²) in [6, 6.07) is 4.07. The molecule has 1 aromatic heterocycles. The van der Waals surface area contributed by atoms with Crippen molar-refractivity contribution in [2.24, 2.45) is 0 Å². The minimum Gasteiger partial charge on any atom is -1.00 e. The van der Waals surface area contributed by atoms with Gasteiger partial charge in [0.2, 0.25) is 5.91 Å². The van der Waals surface area contributed by atoms with Crippen LogP contribution in [0.25, 0.3) is 0 Å². The molecule has 1 fully saturated rings. The van der Waals surface area contributed by atoms with Crippen molar-refractivity contribution in [2.45, 2.75) is 52.7 Å². The van der Waals surface area contributed by atoms with E-state index < -0.39 is 5.60 Å². The summed E-state index contributed by atoms with van der Waals surface area (Å²) in [4.78, 5) is 28.2. The van der Waals surface area contributed by atoms with Crippen molar-refractivity contribution < 1.29 is 35.9 Å². The topological polar surface area (TPSA) is 53.7 Å². The van der Waals surface area contributed by atoms with Gasteiger partial charge in [-0.25, -0.2) is 9.36 Å². The van der Waals surface area contributed by atoms with E-state index >= 15 is 0 Å². The molecule has 0 radical (unpaired) electrons. The molecule has 1 aliphatic rings. The Hall–Kier alpha value is -1.63. The molecule has 1 aliphatic heterocycles. The number of amides is 2. The molecular formula is C19H30BrN3O3. The molecule has 1 saturated heterocycles. The van der Waals surface area contributed by atoms with Crippen LogP contribution in [0.3, 0.4) is 0 Å². The van der Waals surface area contributed by atoms with Crippen LogP contribution in [-0.2, 0) is 16.1 Å². The zero-order valence-electron chi connectivity index (χ0n) is 16.2. The normalized spacial score (nSPS) is 15.1. The summed E-state index contributed by atoms with van der Waals surface area (Å²) in [5, 5.41) is 0. The highest BCUT2D eigenvalue weighted by atomic mass is 79.9. The van der Waals surface area contributed by atoms with Gasteiger partial charge in [0.15, 0.2) is 18.9 Å². The molecule has 1 aromatic rings. The van der Waals surface area contributed by atoms with Gasteiger partial charge in [0.1, 0.15) is 5.60 Å². The summed E-state index contributed by atoms with van der Waals surface area (Å²) in [7, 11) is 0. The molecule has 0 bridgehead atoms. The summed E-state index contributed by atoms with van der Waals surface area (Å²) in [5.41, 5.74) is 0.710. The molecule has 0 aromatic carbocycles. The van der Waals surface area contributed by atoms with Crippen molar-refractivity contribution in [1.82, 2.24) is 9.80 Å². The van der Waals surface area contributed by atoms with Crippen molar-refractivity contribution >= 4 is 12.0 Å². The maximum atomic E-state index is 12.5. The van der Waals surface area contributed by atoms with E-state index in [-0.39, 0.29) is 29.0 Å². The highest BCUT2D eigenvalue weighted by molar-refractivity contribution is 5.76. The van der Waals surface area contributed by atoms with E-state index in [2.05, 4.69) is 0 Å². The molecule has 2 rings (SSSR count). The number of carbonyl (C=O) groups is 2. The quantitative estimate of drug-likeness (QED) is 0.590. The Kier molecular flexibility index (Phi) is 8.53. The standard InChI is InChI=1S/C19H30N3O3.BrH/c1-16-6-11-20(12-7-16)13-8-17(23)21-9-5-10-22(15-14-21)18(24)25-19(2,3)4;/h6-7,11-12H,5,8-10,13-15H2,1-4H3;1H/q+1;/p-1. The molecule has 0 aliphatic carbocycles. The number of carbonyl (C=O) groups excluding carboxylic acids is 2. The average Bonchev–Trinajstić information content (AvgIpc) is 2.78. The molecule has 26 heavy (non-hydrogen) atoms. The Morgan fingerprint density at radius 1 is 1.08 bits per heavy atom. The molecule has 2 heterocycles. The summed E-state index contributed by atoms with van der Waals surface area (Å²) in [6.45, 7) is 10.7. The number of ether oxygens (including phenoxy) is 1. The molecule has 0 unspecified atom stereocenters. The maximum absolute atomic E-state index is 12.5. The molecule has 0 saturated carbocycles. The Morgan fingerprint density at radius 3 is 2.27 bits per heavy atom. The van der Waals surface area contributed by atoms with E-state index in [0.29, 0.717) is 39.1 Å². The number of aromatic nitrogens is 1. The summed E-state index contributed by atoms with van der Waals surface area (Å²) < 4.78 is 7.45. The minimum absolute atomic E-state index is 0. The first-order valence-electron chi connectivity index (χ1n) is 8.96. The van der Waals surface area contributed by atoms with Crippen molar-refractivity contribution in [3.8, 4) is 0 Å². The fraction of sp³-hybridized carbons (Fsp3) is 0.632. The molecule has 146 valence electrons. The van der Waals surface area contributed by atoms with E-state index in [9.17, 15) is 9.59 Å². The largest absolute Gasteiger partial charge is 1.00 e. The number of hydrogen-bond donors (Lipinski definition) is 0. The van der Waals surface area contributed by atoms with Crippen molar-refractivity contribution in [3.63, 3.8) is 0 Å². The Morgan fingerprint density at radius 2 is 1.65 bits per heavy atom. The smallest absolute Gasteiger partial charge is 0.410 e. The van der Waals surface area contributed by atoms with Gasteiger partial charge in [-0.1, -0.05) is 0 Å². The average molecular weight is 428 g/mol. The third-order valence-corrected chi connectivity index (χ3v) is 4.14. The zero-order chi connectivity index (χ0) is 18.4. The van der Waals surface area contributed by atoms with Crippen LogP contribution in [0.2, 0.25) is 0 Å². The van der Waals surface area contributed by atoms with Crippen molar-refractivity contribution in [1.29, 1.82) is 0 Å². The van der Waals surface area contributed by atoms with Crippen LogP contribution in [0.1, 0.15) is 39.2 Å². The summed E-state index contributed by atoms with van der Waals surface area (Å²) >= 11 is 0. The van der Waals surface area contributed by atoms with Gasteiger partial charge in [0.25, 0.3) is 0 Å². The summed E-state index contributed by atoms with van der Waals surface area (Å²) in [5.74, 6) is 0.138. The first-order valence-corrected chi connectivity index (χ1v) is 8.96. The first-order chi connectivity index (χ1) is 11.7. The second kappa shape index (κ2) is 9.90. The summed E-state index contributed by atoms with van der Waals surface area (Å²) in [6.07, 6.45) is 4.95.